The molecule has 28 heavy (non-hydrogen) atoms. The second-order valence-corrected chi connectivity index (χ2v) is 7.26. The Morgan fingerprint density at radius 2 is 1.86 bits per heavy atom. The maximum atomic E-state index is 13.1. The van der Waals surface area contributed by atoms with Gasteiger partial charge in [0.05, 0.1) is 19.1 Å². The molecule has 2 amide bonds. The first-order chi connectivity index (χ1) is 13.5. The normalized spacial score (nSPS) is 20.6. The Morgan fingerprint density at radius 3 is 2.54 bits per heavy atom. The first-order valence-corrected chi connectivity index (χ1v) is 9.49. The fraction of sp³-hybridized carbons (Fsp3) is 0.364. The molecule has 0 unspecified atom stereocenters. The molecule has 0 aromatic heterocycles. The summed E-state index contributed by atoms with van der Waals surface area (Å²) in [7, 11) is 3.41. The van der Waals surface area contributed by atoms with Crippen LogP contribution in [0.15, 0.2) is 42.5 Å². The minimum atomic E-state index is -0.695. The summed E-state index contributed by atoms with van der Waals surface area (Å²) >= 11 is 0. The molecule has 1 atom stereocenters. The van der Waals surface area contributed by atoms with Crippen molar-refractivity contribution in [3.05, 3.63) is 53.6 Å². The number of likely N-dealkylation sites (N-methyl/N-ethyl adjacent to an activating group) is 1. The minimum Gasteiger partial charge on any atom is -0.497 e. The summed E-state index contributed by atoms with van der Waals surface area (Å²) in [6, 6.07) is 12.9. The van der Waals surface area contributed by atoms with Gasteiger partial charge in [-0.1, -0.05) is 0 Å². The van der Waals surface area contributed by atoms with Crippen LogP contribution in [0.2, 0.25) is 0 Å². The number of fused-ring (bicyclic) bond motifs is 2. The lowest BCUT2D eigenvalue weighted by Crippen LogP contribution is -2.42. The predicted molar refractivity (Wildman–Crippen MR) is 106 cm³/mol. The third-order valence-corrected chi connectivity index (χ3v) is 5.76. The lowest BCUT2D eigenvalue weighted by atomic mass is 9.81. The van der Waals surface area contributed by atoms with Crippen molar-refractivity contribution in [2.45, 2.75) is 18.8 Å². The number of nitrogens with zero attached hydrogens (tertiary/aromatic N) is 2. The van der Waals surface area contributed by atoms with E-state index in [4.69, 9.17) is 9.47 Å². The maximum absolute atomic E-state index is 13.1. The molecule has 2 aliphatic rings. The molecule has 0 radical (unpaired) electrons. The first-order valence-electron chi connectivity index (χ1n) is 9.49. The maximum Gasteiger partial charge on any atom is 0.253 e. The Balaban J connectivity index is 1.61. The van der Waals surface area contributed by atoms with Crippen LogP contribution in [0.4, 0.5) is 5.69 Å². The van der Waals surface area contributed by atoms with E-state index in [0.717, 1.165) is 22.7 Å². The standard InChI is InChI=1S/C22H24N2O4/c1-4-28-16-7-5-15(6-8-16)20(25)24-12-11-22(14-24)18-13-17(27-3)9-10-19(18)23(2)21(22)26/h5-10,13H,4,11-12,14H2,1-3H3/t22-/m1/s1. The van der Waals surface area contributed by atoms with Gasteiger partial charge in [0.25, 0.3) is 5.91 Å². The van der Waals surface area contributed by atoms with Gasteiger partial charge < -0.3 is 19.3 Å². The second kappa shape index (κ2) is 6.86. The molecule has 6 heteroatoms. The molecule has 1 saturated heterocycles. The number of carbonyl (C=O) groups excluding carboxylic acids is 2. The van der Waals surface area contributed by atoms with Crippen LogP contribution in [-0.2, 0) is 10.2 Å². The van der Waals surface area contributed by atoms with E-state index in [0.29, 0.717) is 31.7 Å². The van der Waals surface area contributed by atoms with E-state index in [-0.39, 0.29) is 11.8 Å². The number of carbonyl (C=O) groups is 2. The minimum absolute atomic E-state index is 0.0396. The third kappa shape index (κ3) is 2.71. The molecule has 0 saturated carbocycles. The monoisotopic (exact) mass is 380 g/mol. The second-order valence-electron chi connectivity index (χ2n) is 7.26. The number of anilines is 1. The Hall–Kier alpha value is -3.02. The number of amides is 2. The molecule has 1 fully saturated rings. The zero-order valence-electron chi connectivity index (χ0n) is 16.4. The van der Waals surface area contributed by atoms with Crippen molar-refractivity contribution in [1.29, 1.82) is 0 Å². The van der Waals surface area contributed by atoms with Gasteiger partial charge in [-0.2, -0.15) is 0 Å². The molecular formula is C22H24N2O4. The number of likely N-dealkylation sites (tertiary alicyclic amines) is 1. The van der Waals surface area contributed by atoms with Crippen molar-refractivity contribution < 1.29 is 19.1 Å². The van der Waals surface area contributed by atoms with Crippen molar-refractivity contribution in [2.24, 2.45) is 0 Å². The van der Waals surface area contributed by atoms with Gasteiger partial charge in [-0.15, -0.1) is 0 Å². The van der Waals surface area contributed by atoms with Gasteiger partial charge in [-0.05, 0) is 61.4 Å². The zero-order chi connectivity index (χ0) is 19.9. The van der Waals surface area contributed by atoms with Crippen LogP contribution in [0.1, 0.15) is 29.3 Å². The molecule has 2 aliphatic heterocycles. The Morgan fingerprint density at radius 1 is 1.14 bits per heavy atom. The van der Waals surface area contributed by atoms with Crippen molar-refractivity contribution in [3.63, 3.8) is 0 Å². The Labute approximate surface area is 164 Å². The summed E-state index contributed by atoms with van der Waals surface area (Å²) in [6.07, 6.45) is 0.610. The number of benzene rings is 2. The lowest BCUT2D eigenvalue weighted by molar-refractivity contribution is -0.122. The van der Waals surface area contributed by atoms with Crippen LogP contribution in [0.3, 0.4) is 0 Å². The fourth-order valence-electron chi connectivity index (χ4n) is 4.28. The van der Waals surface area contributed by atoms with Gasteiger partial charge in [0.1, 0.15) is 11.5 Å². The molecule has 4 rings (SSSR count). The summed E-state index contributed by atoms with van der Waals surface area (Å²) in [4.78, 5) is 29.6. The van der Waals surface area contributed by atoms with E-state index in [2.05, 4.69) is 0 Å². The van der Waals surface area contributed by atoms with Crippen molar-refractivity contribution in [3.8, 4) is 11.5 Å². The smallest absolute Gasteiger partial charge is 0.253 e. The van der Waals surface area contributed by atoms with Gasteiger partial charge in [0.15, 0.2) is 0 Å². The Bertz CT molecular complexity index is 925. The van der Waals surface area contributed by atoms with Crippen molar-refractivity contribution in [1.82, 2.24) is 4.90 Å². The molecule has 0 aliphatic carbocycles. The van der Waals surface area contributed by atoms with Crippen LogP contribution < -0.4 is 14.4 Å². The van der Waals surface area contributed by atoms with Crippen LogP contribution in [-0.4, -0.2) is 50.6 Å². The van der Waals surface area contributed by atoms with Crippen LogP contribution in [0.5, 0.6) is 11.5 Å². The summed E-state index contributed by atoms with van der Waals surface area (Å²) in [5.74, 6) is 1.44. The first kappa shape index (κ1) is 18.3. The van der Waals surface area contributed by atoms with Gasteiger partial charge in [-0.3, -0.25) is 9.59 Å². The van der Waals surface area contributed by atoms with E-state index < -0.39 is 5.41 Å². The van der Waals surface area contributed by atoms with E-state index in [9.17, 15) is 9.59 Å². The molecule has 2 aromatic rings. The number of rotatable bonds is 4. The number of hydrogen-bond donors (Lipinski definition) is 0. The van der Waals surface area contributed by atoms with E-state index in [1.165, 1.54) is 0 Å². The Kier molecular flexibility index (Phi) is 4.49. The third-order valence-electron chi connectivity index (χ3n) is 5.76. The van der Waals surface area contributed by atoms with Gasteiger partial charge in [0, 0.05) is 31.4 Å². The molecular weight excluding hydrogens is 356 g/mol. The van der Waals surface area contributed by atoms with Crippen LogP contribution >= 0.6 is 0 Å². The van der Waals surface area contributed by atoms with E-state index >= 15 is 0 Å². The van der Waals surface area contributed by atoms with Crippen LogP contribution in [0, 0.1) is 0 Å². The van der Waals surface area contributed by atoms with Crippen LogP contribution in [0.25, 0.3) is 0 Å². The fourth-order valence-corrected chi connectivity index (χ4v) is 4.28. The lowest BCUT2D eigenvalue weighted by Gasteiger charge is -2.23. The topological polar surface area (TPSA) is 59.1 Å². The zero-order valence-corrected chi connectivity index (χ0v) is 16.4. The highest BCUT2D eigenvalue weighted by molar-refractivity contribution is 6.09. The SMILES string of the molecule is CCOc1ccc(C(=O)N2CC[C@]3(C2)C(=O)N(C)c2ccc(OC)cc23)cc1. The summed E-state index contributed by atoms with van der Waals surface area (Å²) in [6.45, 7) is 3.43. The number of ether oxygens (including phenoxy) is 2. The quantitative estimate of drug-likeness (QED) is 0.818. The average Bonchev–Trinajstić information content (AvgIpc) is 3.26. The molecule has 2 heterocycles. The van der Waals surface area contributed by atoms with Crippen molar-refractivity contribution >= 4 is 17.5 Å². The molecule has 0 bridgehead atoms. The molecule has 2 aromatic carbocycles. The number of methoxy groups -OCH3 is 1. The van der Waals surface area contributed by atoms with E-state index in [1.54, 1.807) is 48.2 Å². The summed E-state index contributed by atoms with van der Waals surface area (Å²) < 4.78 is 10.8. The molecule has 0 N–H and O–H groups in total. The summed E-state index contributed by atoms with van der Waals surface area (Å²) in [5, 5.41) is 0. The molecule has 146 valence electrons. The summed E-state index contributed by atoms with van der Waals surface area (Å²) in [5.41, 5.74) is 1.74. The van der Waals surface area contributed by atoms with Gasteiger partial charge in [0.2, 0.25) is 5.91 Å². The molecule has 6 nitrogen and oxygen atoms in total. The highest BCUT2D eigenvalue weighted by atomic mass is 16.5. The highest BCUT2D eigenvalue weighted by Crippen LogP contribution is 2.48. The van der Waals surface area contributed by atoms with Gasteiger partial charge >= 0.3 is 0 Å². The predicted octanol–water partition coefficient (Wildman–Crippen LogP) is 2.85. The van der Waals surface area contributed by atoms with Crippen molar-refractivity contribution in [2.75, 3.05) is 38.8 Å². The number of hydrogen-bond acceptors (Lipinski definition) is 4. The molecule has 1 spiro atoms. The largest absolute Gasteiger partial charge is 0.497 e. The van der Waals surface area contributed by atoms with E-state index in [1.807, 2.05) is 25.1 Å². The highest BCUT2D eigenvalue weighted by Gasteiger charge is 2.54. The average molecular weight is 380 g/mol. The van der Waals surface area contributed by atoms with Gasteiger partial charge in [-0.25, -0.2) is 0 Å².